The molecule has 2 aromatic heterocycles. The van der Waals surface area contributed by atoms with Gasteiger partial charge in [-0.15, -0.1) is 12.4 Å². The Morgan fingerprint density at radius 1 is 1.23 bits per heavy atom. The summed E-state index contributed by atoms with van der Waals surface area (Å²) in [5.41, 5.74) is 5.86. The summed E-state index contributed by atoms with van der Waals surface area (Å²) in [7, 11) is 0. The number of carbonyl (C=O) groups is 1. The lowest BCUT2D eigenvalue weighted by molar-refractivity contribution is -0.122. The zero-order valence-corrected chi connectivity index (χ0v) is 15.5. The first kappa shape index (κ1) is 20.3. The van der Waals surface area contributed by atoms with E-state index >= 15 is 0 Å². The van der Waals surface area contributed by atoms with Gasteiger partial charge in [-0.25, -0.2) is 9.97 Å². The van der Waals surface area contributed by atoms with Crippen molar-refractivity contribution in [1.29, 1.82) is 0 Å². The van der Waals surface area contributed by atoms with Gasteiger partial charge in [-0.1, -0.05) is 24.4 Å². The van der Waals surface area contributed by atoms with Crippen molar-refractivity contribution in [3.63, 3.8) is 0 Å². The van der Waals surface area contributed by atoms with E-state index in [1.165, 1.54) is 19.3 Å². The number of halogens is 1. The van der Waals surface area contributed by atoms with Gasteiger partial charge < -0.3 is 15.6 Å². The van der Waals surface area contributed by atoms with Crippen LogP contribution >= 0.6 is 12.4 Å². The van der Waals surface area contributed by atoms with Gasteiger partial charge in [-0.2, -0.15) is 4.98 Å². The molecule has 3 rings (SSSR count). The zero-order chi connectivity index (χ0) is 17.5. The average Bonchev–Trinajstić information content (AvgIpc) is 3.15. The molecule has 1 aliphatic rings. The molecule has 0 saturated heterocycles. The Morgan fingerprint density at radius 2 is 1.96 bits per heavy atom. The van der Waals surface area contributed by atoms with Crippen LogP contribution in [0.15, 0.2) is 23.0 Å². The second-order valence-electron chi connectivity index (χ2n) is 6.39. The molecule has 0 spiro atoms. The monoisotopic (exact) mass is 380 g/mol. The van der Waals surface area contributed by atoms with Gasteiger partial charge in [-0.05, 0) is 24.8 Å². The van der Waals surface area contributed by atoms with Crippen molar-refractivity contribution < 1.29 is 9.32 Å². The van der Waals surface area contributed by atoms with E-state index in [2.05, 4.69) is 25.4 Å². The summed E-state index contributed by atoms with van der Waals surface area (Å²) in [4.78, 5) is 24.6. The van der Waals surface area contributed by atoms with Crippen molar-refractivity contribution in [3.05, 3.63) is 24.4 Å². The summed E-state index contributed by atoms with van der Waals surface area (Å²) in [6, 6.07) is 1.78. The molecule has 142 valence electrons. The van der Waals surface area contributed by atoms with Gasteiger partial charge in [0, 0.05) is 37.8 Å². The first-order chi connectivity index (χ1) is 12.3. The topological polar surface area (TPSA) is 120 Å². The molecule has 8 nitrogen and oxygen atoms in total. The minimum Gasteiger partial charge on any atom is -0.352 e. The molecule has 1 fully saturated rings. The van der Waals surface area contributed by atoms with E-state index in [0.29, 0.717) is 42.8 Å². The number of nitrogens with one attached hydrogen (secondary N) is 1. The number of aryl methyl sites for hydroxylation is 1. The van der Waals surface area contributed by atoms with Crippen molar-refractivity contribution in [2.24, 2.45) is 11.7 Å². The van der Waals surface area contributed by atoms with Gasteiger partial charge in [-0.3, -0.25) is 4.79 Å². The van der Waals surface area contributed by atoms with Crippen LogP contribution in [0.4, 0.5) is 0 Å². The summed E-state index contributed by atoms with van der Waals surface area (Å²) in [6.07, 6.45) is 9.93. The molecule has 2 heterocycles. The van der Waals surface area contributed by atoms with Gasteiger partial charge in [0.1, 0.15) is 0 Å². The Hall–Kier alpha value is -2.06. The third-order valence-corrected chi connectivity index (χ3v) is 4.62. The van der Waals surface area contributed by atoms with E-state index in [-0.39, 0.29) is 24.4 Å². The van der Waals surface area contributed by atoms with E-state index in [1.807, 2.05) is 0 Å². The first-order valence-electron chi connectivity index (χ1n) is 8.85. The number of amides is 1. The Morgan fingerprint density at radius 3 is 2.65 bits per heavy atom. The molecule has 1 amide bonds. The lowest BCUT2D eigenvalue weighted by Crippen LogP contribution is -2.46. The predicted molar refractivity (Wildman–Crippen MR) is 98.5 cm³/mol. The summed E-state index contributed by atoms with van der Waals surface area (Å²) < 4.78 is 5.17. The molecule has 0 bridgehead atoms. The highest BCUT2D eigenvalue weighted by atomic mass is 35.5. The summed E-state index contributed by atoms with van der Waals surface area (Å²) >= 11 is 0. The fraction of sp³-hybridized carbons (Fsp3) is 0.588. The van der Waals surface area contributed by atoms with Crippen molar-refractivity contribution in [1.82, 2.24) is 25.4 Å². The van der Waals surface area contributed by atoms with Crippen molar-refractivity contribution in [2.45, 2.75) is 51.0 Å². The number of rotatable bonds is 7. The highest BCUT2D eigenvalue weighted by Gasteiger charge is 2.24. The lowest BCUT2D eigenvalue weighted by Gasteiger charge is -2.30. The Kier molecular flexibility index (Phi) is 7.93. The quantitative estimate of drug-likeness (QED) is 0.752. The number of hydrogen-bond acceptors (Lipinski definition) is 7. The maximum Gasteiger partial charge on any atom is 0.240 e. The van der Waals surface area contributed by atoms with E-state index < -0.39 is 0 Å². The molecule has 1 unspecified atom stereocenters. The van der Waals surface area contributed by atoms with E-state index in [9.17, 15) is 4.79 Å². The smallest absolute Gasteiger partial charge is 0.240 e. The highest BCUT2D eigenvalue weighted by Crippen LogP contribution is 2.26. The van der Waals surface area contributed by atoms with Crippen molar-refractivity contribution in [2.75, 3.05) is 6.54 Å². The molecule has 0 aliphatic heterocycles. The normalized spacial score (nSPS) is 15.9. The maximum atomic E-state index is 12.2. The summed E-state index contributed by atoms with van der Waals surface area (Å²) in [6.45, 7) is 0.479. The second kappa shape index (κ2) is 10.2. The zero-order valence-electron chi connectivity index (χ0n) is 14.6. The molecule has 26 heavy (non-hydrogen) atoms. The highest BCUT2D eigenvalue weighted by molar-refractivity contribution is 5.85. The molecule has 2 aromatic rings. The number of carbonyl (C=O) groups excluding carboxylic acids is 1. The minimum atomic E-state index is -0.0308. The van der Waals surface area contributed by atoms with Crippen molar-refractivity contribution >= 4 is 18.3 Å². The largest absolute Gasteiger partial charge is 0.352 e. The first-order valence-corrected chi connectivity index (χ1v) is 8.85. The average molecular weight is 381 g/mol. The lowest BCUT2D eigenvalue weighted by atomic mass is 9.84. The van der Waals surface area contributed by atoms with Gasteiger partial charge in [0.05, 0.1) is 0 Å². The number of hydrogen-bond donors (Lipinski definition) is 2. The number of nitrogens with two attached hydrogens (primary N) is 1. The summed E-state index contributed by atoms with van der Waals surface area (Å²) in [5, 5.41) is 6.92. The molecule has 1 saturated carbocycles. The van der Waals surface area contributed by atoms with Gasteiger partial charge in [0.25, 0.3) is 0 Å². The molecule has 3 N–H and O–H groups in total. The molecule has 0 aromatic carbocycles. The van der Waals surface area contributed by atoms with Crippen molar-refractivity contribution in [3.8, 4) is 11.6 Å². The van der Waals surface area contributed by atoms with E-state index in [0.717, 1.165) is 12.8 Å². The molecule has 1 atom stereocenters. The summed E-state index contributed by atoms with van der Waals surface area (Å²) in [5.74, 6) is 1.60. The fourth-order valence-corrected chi connectivity index (χ4v) is 3.27. The third kappa shape index (κ3) is 5.47. The number of aromatic nitrogens is 4. The van der Waals surface area contributed by atoms with Crippen LogP contribution in [0.3, 0.4) is 0 Å². The third-order valence-electron chi connectivity index (χ3n) is 4.62. The van der Waals surface area contributed by atoms with Gasteiger partial charge in [0.2, 0.25) is 23.4 Å². The molecule has 9 heteroatoms. The van der Waals surface area contributed by atoms with Gasteiger partial charge >= 0.3 is 0 Å². The van der Waals surface area contributed by atoms with Crippen LogP contribution in [-0.2, 0) is 11.2 Å². The molecule has 0 radical (unpaired) electrons. The van der Waals surface area contributed by atoms with Gasteiger partial charge in [0.15, 0.2) is 0 Å². The minimum absolute atomic E-state index is 0. The SMILES string of the molecule is Cl.NCC(NC(=O)CCc1nc(-c2ncccn2)no1)C1CCCCC1. The standard InChI is InChI=1S/C17H24N6O2.ClH/c18-11-13(12-5-2-1-3-6-12)21-14(24)7-8-15-22-17(23-25-15)16-19-9-4-10-20-16;/h4,9-10,12-13H,1-3,5-8,11,18H2,(H,21,24);1H. The van der Waals surface area contributed by atoms with E-state index in [4.69, 9.17) is 10.3 Å². The van der Waals surface area contributed by atoms with Crippen LogP contribution in [-0.4, -0.2) is 38.6 Å². The maximum absolute atomic E-state index is 12.2. The molecular weight excluding hydrogens is 356 g/mol. The Bertz CT molecular complexity index is 675. The fourth-order valence-electron chi connectivity index (χ4n) is 3.27. The molecule has 1 aliphatic carbocycles. The van der Waals surface area contributed by atoms with Crippen LogP contribution in [0, 0.1) is 5.92 Å². The number of nitrogens with zero attached hydrogens (tertiary/aromatic N) is 4. The van der Waals surface area contributed by atoms with Crippen LogP contribution in [0.5, 0.6) is 0 Å². The Labute approximate surface area is 158 Å². The molecular formula is C17H25ClN6O2. The van der Waals surface area contributed by atoms with Crippen LogP contribution in [0.1, 0.15) is 44.4 Å². The van der Waals surface area contributed by atoms with E-state index in [1.54, 1.807) is 18.5 Å². The predicted octanol–water partition coefficient (Wildman–Crippen LogP) is 1.90. The van der Waals surface area contributed by atoms with Crippen LogP contribution in [0.2, 0.25) is 0 Å². The Balaban J connectivity index is 0.00000243. The van der Waals surface area contributed by atoms with Crippen LogP contribution in [0.25, 0.3) is 11.6 Å². The second-order valence-corrected chi connectivity index (χ2v) is 6.39. The van der Waals surface area contributed by atoms with Crippen LogP contribution < -0.4 is 11.1 Å².